The summed E-state index contributed by atoms with van der Waals surface area (Å²) < 4.78 is 6.15. The molecule has 0 spiro atoms. The Hall–Kier alpha value is -1.73. The van der Waals surface area contributed by atoms with E-state index in [1.165, 1.54) is 0 Å². The van der Waals surface area contributed by atoms with Crippen LogP contribution >= 0.6 is 15.9 Å². The largest absolute Gasteiger partial charge is 0.345 e. The summed E-state index contributed by atoms with van der Waals surface area (Å²) in [5, 5.41) is 9.78. The van der Waals surface area contributed by atoms with Gasteiger partial charge in [-0.15, -0.1) is 0 Å². The normalized spacial score (nSPS) is 17.9. The monoisotopic (exact) mass is 350 g/mol. The van der Waals surface area contributed by atoms with Crippen LogP contribution in [0.1, 0.15) is 41.0 Å². The third-order valence-corrected chi connectivity index (χ3v) is 3.90. The maximum absolute atomic E-state index is 12.0. The summed E-state index contributed by atoms with van der Waals surface area (Å²) in [6.45, 7) is 1.37. The molecule has 2 aromatic rings. The van der Waals surface area contributed by atoms with Crippen molar-refractivity contribution in [2.45, 2.75) is 25.4 Å². The molecule has 1 aliphatic rings. The first-order chi connectivity index (χ1) is 10.2. The smallest absolute Gasteiger partial charge is 0.292 e. The van der Waals surface area contributed by atoms with Gasteiger partial charge in [0.05, 0.1) is 6.04 Å². The number of amides is 1. The summed E-state index contributed by atoms with van der Waals surface area (Å²) in [6, 6.07) is 7.81. The number of carbonyl (C=O) groups excluding carboxylic acids is 1. The van der Waals surface area contributed by atoms with Gasteiger partial charge >= 0.3 is 0 Å². The molecule has 1 unspecified atom stereocenters. The molecule has 7 heteroatoms. The van der Waals surface area contributed by atoms with Crippen molar-refractivity contribution < 1.29 is 9.32 Å². The van der Waals surface area contributed by atoms with Gasteiger partial charge in [0, 0.05) is 11.0 Å². The first kappa shape index (κ1) is 14.2. The second-order valence-electron chi connectivity index (χ2n) is 4.91. The fourth-order valence-corrected chi connectivity index (χ4v) is 2.49. The number of nitrogens with zero attached hydrogens (tertiary/aromatic N) is 2. The van der Waals surface area contributed by atoms with Crippen LogP contribution in [0.5, 0.6) is 0 Å². The van der Waals surface area contributed by atoms with Gasteiger partial charge in [0.1, 0.15) is 0 Å². The molecular formula is C14H15BrN4O2. The zero-order chi connectivity index (χ0) is 14.7. The minimum absolute atomic E-state index is 0.0746. The number of hydrogen-bond donors (Lipinski definition) is 2. The van der Waals surface area contributed by atoms with E-state index in [0.29, 0.717) is 12.4 Å². The zero-order valence-electron chi connectivity index (χ0n) is 11.3. The van der Waals surface area contributed by atoms with Crippen molar-refractivity contribution in [1.29, 1.82) is 0 Å². The molecule has 1 atom stereocenters. The van der Waals surface area contributed by atoms with Crippen LogP contribution in [0.25, 0.3) is 0 Å². The van der Waals surface area contributed by atoms with E-state index < -0.39 is 0 Å². The molecule has 0 radical (unpaired) electrons. The molecule has 0 saturated carbocycles. The van der Waals surface area contributed by atoms with Gasteiger partial charge in [-0.3, -0.25) is 4.79 Å². The molecule has 3 rings (SSSR count). The number of nitrogens with one attached hydrogen (secondary N) is 2. The van der Waals surface area contributed by atoms with E-state index in [9.17, 15) is 4.79 Å². The van der Waals surface area contributed by atoms with E-state index in [1.54, 1.807) is 0 Å². The van der Waals surface area contributed by atoms with Gasteiger partial charge in [-0.1, -0.05) is 33.2 Å². The number of halogens is 1. The second kappa shape index (κ2) is 6.36. The average molecular weight is 351 g/mol. The van der Waals surface area contributed by atoms with Crippen LogP contribution in [0, 0.1) is 0 Å². The topological polar surface area (TPSA) is 80.0 Å². The molecule has 2 heterocycles. The molecule has 1 fully saturated rings. The Labute approximate surface area is 130 Å². The molecular weight excluding hydrogens is 336 g/mol. The minimum atomic E-state index is -0.328. The Morgan fingerprint density at radius 3 is 2.95 bits per heavy atom. The van der Waals surface area contributed by atoms with Crippen LogP contribution in [-0.4, -0.2) is 22.6 Å². The summed E-state index contributed by atoms with van der Waals surface area (Å²) in [4.78, 5) is 16.1. The highest BCUT2D eigenvalue weighted by atomic mass is 79.9. The van der Waals surface area contributed by atoms with Crippen molar-refractivity contribution in [2.75, 3.05) is 6.54 Å². The Kier molecular flexibility index (Phi) is 4.31. The molecule has 1 aromatic carbocycles. The van der Waals surface area contributed by atoms with Gasteiger partial charge in [-0.05, 0) is 37.1 Å². The Balaban J connectivity index is 1.59. The lowest BCUT2D eigenvalue weighted by atomic mass is 10.2. The fourth-order valence-electron chi connectivity index (χ4n) is 2.23. The lowest BCUT2D eigenvalue weighted by Gasteiger charge is -2.03. The van der Waals surface area contributed by atoms with Crippen LogP contribution in [-0.2, 0) is 6.54 Å². The number of benzene rings is 1. The van der Waals surface area contributed by atoms with Gasteiger partial charge in [0.15, 0.2) is 0 Å². The highest BCUT2D eigenvalue weighted by molar-refractivity contribution is 9.10. The third kappa shape index (κ3) is 3.48. The number of carbonyl (C=O) groups is 1. The molecule has 0 bridgehead atoms. The van der Waals surface area contributed by atoms with Crippen LogP contribution in [0.15, 0.2) is 33.3 Å². The first-order valence-electron chi connectivity index (χ1n) is 6.82. The van der Waals surface area contributed by atoms with Crippen molar-refractivity contribution in [3.63, 3.8) is 0 Å². The van der Waals surface area contributed by atoms with Crippen molar-refractivity contribution in [2.24, 2.45) is 0 Å². The molecule has 21 heavy (non-hydrogen) atoms. The molecule has 2 N–H and O–H groups in total. The summed E-state index contributed by atoms with van der Waals surface area (Å²) in [5.74, 6) is 0.239. The maximum atomic E-state index is 12.0. The molecule has 1 aliphatic heterocycles. The predicted octanol–water partition coefficient (Wildman–Crippen LogP) is 2.19. The lowest BCUT2D eigenvalue weighted by Crippen LogP contribution is -2.24. The summed E-state index contributed by atoms with van der Waals surface area (Å²) >= 11 is 3.37. The minimum Gasteiger partial charge on any atom is -0.345 e. The molecule has 6 nitrogen and oxygen atoms in total. The van der Waals surface area contributed by atoms with Gasteiger partial charge in [0.25, 0.3) is 11.7 Å². The molecule has 1 aromatic heterocycles. The first-order valence-corrected chi connectivity index (χ1v) is 7.61. The Bertz CT molecular complexity index is 620. The second-order valence-corrected chi connectivity index (χ2v) is 5.83. The number of hydrogen-bond acceptors (Lipinski definition) is 5. The molecule has 110 valence electrons. The van der Waals surface area contributed by atoms with Crippen molar-refractivity contribution in [3.8, 4) is 0 Å². The van der Waals surface area contributed by atoms with Gasteiger partial charge in [0.2, 0.25) is 5.89 Å². The highest BCUT2D eigenvalue weighted by Crippen LogP contribution is 2.21. The van der Waals surface area contributed by atoms with E-state index in [-0.39, 0.29) is 17.8 Å². The van der Waals surface area contributed by atoms with Crippen LogP contribution in [0.2, 0.25) is 0 Å². The van der Waals surface area contributed by atoms with E-state index in [2.05, 4.69) is 36.7 Å². The molecule has 1 amide bonds. The fraction of sp³-hybridized carbons (Fsp3) is 0.357. The summed E-state index contributed by atoms with van der Waals surface area (Å²) in [7, 11) is 0. The standard InChI is InChI=1S/C14H15BrN4O2/c15-10-5-3-9(4-6-10)8-17-13(20)12-18-14(21-19-12)11-2-1-7-16-11/h3-6,11,16H,1-2,7-8H2,(H,17,20). The zero-order valence-corrected chi connectivity index (χ0v) is 12.9. The highest BCUT2D eigenvalue weighted by Gasteiger charge is 2.24. The van der Waals surface area contributed by atoms with Crippen molar-refractivity contribution >= 4 is 21.8 Å². The van der Waals surface area contributed by atoms with Crippen molar-refractivity contribution in [1.82, 2.24) is 20.8 Å². The van der Waals surface area contributed by atoms with Crippen LogP contribution < -0.4 is 10.6 Å². The van der Waals surface area contributed by atoms with E-state index >= 15 is 0 Å². The van der Waals surface area contributed by atoms with Crippen molar-refractivity contribution in [3.05, 3.63) is 46.0 Å². The lowest BCUT2D eigenvalue weighted by molar-refractivity contribution is 0.0937. The quantitative estimate of drug-likeness (QED) is 0.883. The average Bonchev–Trinajstić information content (AvgIpc) is 3.17. The van der Waals surface area contributed by atoms with Gasteiger partial charge < -0.3 is 15.2 Å². The van der Waals surface area contributed by atoms with Gasteiger partial charge in [-0.2, -0.15) is 4.98 Å². The van der Waals surface area contributed by atoms with E-state index in [0.717, 1.165) is 29.4 Å². The number of aromatic nitrogens is 2. The summed E-state index contributed by atoms with van der Waals surface area (Å²) in [5.41, 5.74) is 1.01. The SMILES string of the molecule is O=C(NCc1ccc(Br)cc1)c1noc(C2CCCN2)n1. The van der Waals surface area contributed by atoms with Crippen LogP contribution in [0.4, 0.5) is 0 Å². The summed E-state index contributed by atoms with van der Waals surface area (Å²) in [6.07, 6.45) is 2.04. The molecule has 0 aliphatic carbocycles. The molecule has 1 saturated heterocycles. The Morgan fingerprint density at radius 2 is 2.24 bits per heavy atom. The van der Waals surface area contributed by atoms with E-state index in [1.807, 2.05) is 24.3 Å². The predicted molar refractivity (Wildman–Crippen MR) is 79.6 cm³/mol. The van der Waals surface area contributed by atoms with E-state index in [4.69, 9.17) is 4.52 Å². The van der Waals surface area contributed by atoms with Crippen LogP contribution in [0.3, 0.4) is 0 Å². The Morgan fingerprint density at radius 1 is 1.43 bits per heavy atom. The third-order valence-electron chi connectivity index (χ3n) is 3.37. The van der Waals surface area contributed by atoms with Gasteiger partial charge in [-0.25, -0.2) is 0 Å². The number of rotatable bonds is 4. The maximum Gasteiger partial charge on any atom is 0.292 e.